The lowest BCUT2D eigenvalue weighted by Crippen LogP contribution is -2.39. The Kier molecular flexibility index (Phi) is 4.24. The number of benzene rings is 1. The SMILES string of the molecule is N#Cc1ccccc1COC(=O)C1C[C@H]2CCC[C@@H](C1)C2=O. The van der Waals surface area contributed by atoms with Crippen molar-refractivity contribution in [2.75, 3.05) is 0 Å². The zero-order chi connectivity index (χ0) is 15.5. The molecule has 0 radical (unpaired) electrons. The van der Waals surface area contributed by atoms with E-state index in [1.807, 2.05) is 6.07 Å². The normalized spacial score (nSPS) is 27.0. The maximum absolute atomic E-state index is 12.3. The Balaban J connectivity index is 1.61. The van der Waals surface area contributed by atoms with Crippen molar-refractivity contribution in [1.29, 1.82) is 5.26 Å². The third-order valence-electron chi connectivity index (χ3n) is 4.89. The predicted molar refractivity (Wildman–Crippen MR) is 79.5 cm³/mol. The third-order valence-corrected chi connectivity index (χ3v) is 4.89. The van der Waals surface area contributed by atoms with Crippen LogP contribution < -0.4 is 0 Å². The Morgan fingerprint density at radius 2 is 1.91 bits per heavy atom. The molecule has 22 heavy (non-hydrogen) atoms. The molecular weight excluding hydrogens is 278 g/mol. The maximum atomic E-state index is 12.3. The fraction of sp³-hybridized carbons (Fsp3) is 0.500. The van der Waals surface area contributed by atoms with Gasteiger partial charge in [0, 0.05) is 17.4 Å². The summed E-state index contributed by atoms with van der Waals surface area (Å²) in [5.74, 6) is 0.0670. The van der Waals surface area contributed by atoms with Crippen molar-refractivity contribution in [3.8, 4) is 6.07 Å². The van der Waals surface area contributed by atoms with Crippen molar-refractivity contribution in [3.05, 3.63) is 35.4 Å². The van der Waals surface area contributed by atoms with Gasteiger partial charge in [0.25, 0.3) is 0 Å². The molecule has 1 unspecified atom stereocenters. The topological polar surface area (TPSA) is 67.2 Å². The van der Waals surface area contributed by atoms with E-state index in [1.54, 1.807) is 18.2 Å². The molecule has 2 saturated carbocycles. The molecule has 114 valence electrons. The van der Waals surface area contributed by atoms with Crippen molar-refractivity contribution in [3.63, 3.8) is 0 Å². The van der Waals surface area contributed by atoms with Gasteiger partial charge in [-0.25, -0.2) is 0 Å². The van der Waals surface area contributed by atoms with Gasteiger partial charge in [-0.15, -0.1) is 0 Å². The smallest absolute Gasteiger partial charge is 0.309 e. The van der Waals surface area contributed by atoms with Gasteiger partial charge >= 0.3 is 5.97 Å². The fourth-order valence-electron chi connectivity index (χ4n) is 3.69. The van der Waals surface area contributed by atoms with E-state index in [4.69, 9.17) is 10.00 Å². The van der Waals surface area contributed by atoms with Crippen LogP contribution in [0.3, 0.4) is 0 Å². The quantitative estimate of drug-likeness (QED) is 0.804. The third kappa shape index (κ3) is 2.89. The summed E-state index contributed by atoms with van der Waals surface area (Å²) in [6.45, 7) is 0.127. The molecule has 0 spiro atoms. The average molecular weight is 297 g/mol. The summed E-state index contributed by atoms with van der Waals surface area (Å²) >= 11 is 0. The Morgan fingerprint density at radius 1 is 1.23 bits per heavy atom. The molecule has 0 saturated heterocycles. The van der Waals surface area contributed by atoms with Crippen LogP contribution in [-0.2, 0) is 20.9 Å². The van der Waals surface area contributed by atoms with Crippen LogP contribution in [0.2, 0.25) is 0 Å². The number of carbonyl (C=O) groups is 2. The molecule has 0 aromatic heterocycles. The van der Waals surface area contributed by atoms with E-state index in [9.17, 15) is 9.59 Å². The number of ketones is 1. The Hall–Kier alpha value is -2.15. The van der Waals surface area contributed by atoms with Gasteiger partial charge in [0.15, 0.2) is 0 Å². The van der Waals surface area contributed by atoms with Crippen LogP contribution in [0.4, 0.5) is 0 Å². The second-order valence-electron chi connectivity index (χ2n) is 6.27. The average Bonchev–Trinajstić information content (AvgIpc) is 2.52. The summed E-state index contributed by atoms with van der Waals surface area (Å²) in [5.41, 5.74) is 1.26. The summed E-state index contributed by atoms with van der Waals surface area (Å²) in [5, 5.41) is 9.04. The highest BCUT2D eigenvalue weighted by atomic mass is 16.5. The molecule has 0 N–H and O–H groups in total. The Bertz CT molecular complexity index is 615. The molecule has 2 aliphatic rings. The number of esters is 1. The highest BCUT2D eigenvalue weighted by Gasteiger charge is 2.41. The minimum atomic E-state index is -0.225. The second kappa shape index (κ2) is 6.31. The number of nitriles is 1. The summed E-state index contributed by atoms with van der Waals surface area (Å²) in [4.78, 5) is 24.3. The molecule has 2 bridgehead atoms. The highest BCUT2D eigenvalue weighted by Crippen LogP contribution is 2.40. The lowest BCUT2D eigenvalue weighted by atomic mass is 9.67. The predicted octanol–water partition coefficient (Wildman–Crippen LogP) is 3.00. The van der Waals surface area contributed by atoms with Crippen molar-refractivity contribution in [2.45, 2.75) is 38.7 Å². The van der Waals surface area contributed by atoms with Crippen LogP contribution in [0.25, 0.3) is 0 Å². The van der Waals surface area contributed by atoms with Crippen molar-refractivity contribution in [1.82, 2.24) is 0 Å². The number of hydrogen-bond acceptors (Lipinski definition) is 4. The summed E-state index contributed by atoms with van der Waals surface area (Å²) in [7, 11) is 0. The van der Waals surface area contributed by atoms with E-state index >= 15 is 0 Å². The molecule has 0 aliphatic heterocycles. The number of fused-ring (bicyclic) bond motifs is 2. The second-order valence-corrected chi connectivity index (χ2v) is 6.27. The first kappa shape index (κ1) is 14.8. The first-order valence-corrected chi connectivity index (χ1v) is 7.87. The first-order valence-electron chi connectivity index (χ1n) is 7.87. The lowest BCUT2D eigenvalue weighted by molar-refractivity contribution is -0.154. The van der Waals surface area contributed by atoms with Gasteiger partial charge in [-0.05, 0) is 31.7 Å². The molecule has 3 rings (SSSR count). The zero-order valence-electron chi connectivity index (χ0n) is 12.5. The van der Waals surface area contributed by atoms with Crippen molar-refractivity contribution >= 4 is 11.8 Å². The maximum Gasteiger partial charge on any atom is 0.309 e. The molecule has 4 nitrogen and oxygen atoms in total. The van der Waals surface area contributed by atoms with Crippen LogP contribution in [-0.4, -0.2) is 11.8 Å². The van der Waals surface area contributed by atoms with Gasteiger partial charge in [0.1, 0.15) is 12.4 Å². The van der Waals surface area contributed by atoms with E-state index in [-0.39, 0.29) is 30.3 Å². The van der Waals surface area contributed by atoms with Gasteiger partial charge in [0.2, 0.25) is 0 Å². The van der Waals surface area contributed by atoms with Gasteiger partial charge in [-0.1, -0.05) is 24.6 Å². The zero-order valence-corrected chi connectivity index (χ0v) is 12.5. The molecule has 2 aliphatic carbocycles. The van der Waals surface area contributed by atoms with Crippen LogP contribution >= 0.6 is 0 Å². The molecule has 4 heteroatoms. The first-order chi connectivity index (χ1) is 10.7. The largest absolute Gasteiger partial charge is 0.461 e. The molecular formula is C18H19NO3. The molecule has 0 heterocycles. The van der Waals surface area contributed by atoms with Gasteiger partial charge < -0.3 is 4.74 Å². The van der Waals surface area contributed by atoms with E-state index in [2.05, 4.69) is 6.07 Å². The van der Waals surface area contributed by atoms with E-state index in [1.165, 1.54) is 0 Å². The molecule has 1 aromatic carbocycles. The molecule has 3 atom stereocenters. The van der Waals surface area contributed by atoms with Crippen molar-refractivity contribution < 1.29 is 14.3 Å². The van der Waals surface area contributed by atoms with Crippen LogP contribution in [0.1, 0.15) is 43.2 Å². The summed E-state index contributed by atoms with van der Waals surface area (Å²) in [6.07, 6.45) is 4.19. The number of nitrogens with zero attached hydrogens (tertiary/aromatic N) is 1. The van der Waals surface area contributed by atoms with Gasteiger partial charge in [-0.2, -0.15) is 5.26 Å². The summed E-state index contributed by atoms with van der Waals surface area (Å²) < 4.78 is 5.41. The fourth-order valence-corrected chi connectivity index (χ4v) is 3.69. The van der Waals surface area contributed by atoms with Crippen LogP contribution in [0.15, 0.2) is 24.3 Å². The van der Waals surface area contributed by atoms with E-state index < -0.39 is 0 Å². The van der Waals surface area contributed by atoms with E-state index in [0.29, 0.717) is 24.2 Å². The standard InChI is InChI=1S/C18H19NO3/c19-10-14-4-1-2-5-15(14)11-22-18(21)16-8-12-6-3-7-13(9-16)17(12)20/h1-2,4-5,12-13,16H,3,6-9,11H2/t12-,13+,16?. The molecule has 0 amide bonds. The number of hydrogen-bond donors (Lipinski definition) is 0. The minimum absolute atomic E-state index is 0.0523. The number of Topliss-reactive ketones (excluding diaryl/α,β-unsaturated/α-hetero) is 1. The summed E-state index contributed by atoms with van der Waals surface area (Å²) in [6, 6.07) is 9.23. The van der Waals surface area contributed by atoms with Gasteiger partial charge in [-0.3, -0.25) is 9.59 Å². The van der Waals surface area contributed by atoms with Gasteiger partial charge in [0.05, 0.1) is 17.6 Å². The Morgan fingerprint density at radius 3 is 2.59 bits per heavy atom. The van der Waals surface area contributed by atoms with Crippen LogP contribution in [0, 0.1) is 29.1 Å². The number of carbonyl (C=O) groups excluding carboxylic acids is 2. The van der Waals surface area contributed by atoms with Crippen LogP contribution in [0.5, 0.6) is 0 Å². The van der Waals surface area contributed by atoms with E-state index in [0.717, 1.165) is 24.8 Å². The number of ether oxygens (including phenoxy) is 1. The molecule has 2 fully saturated rings. The highest BCUT2D eigenvalue weighted by molar-refractivity contribution is 5.87. The van der Waals surface area contributed by atoms with Crippen molar-refractivity contribution in [2.24, 2.45) is 17.8 Å². The Labute approximate surface area is 130 Å². The minimum Gasteiger partial charge on any atom is -0.461 e. The number of rotatable bonds is 3. The lowest BCUT2D eigenvalue weighted by Gasteiger charge is -2.36. The molecule has 1 aromatic rings. The monoisotopic (exact) mass is 297 g/mol.